The Morgan fingerprint density at radius 2 is 1.70 bits per heavy atom. The molecule has 2 atom stereocenters. The van der Waals surface area contributed by atoms with Crippen LogP contribution in [0.15, 0.2) is 18.2 Å². The van der Waals surface area contributed by atoms with Crippen LogP contribution < -0.4 is 10.6 Å². The molecule has 4 fully saturated rings. The van der Waals surface area contributed by atoms with Gasteiger partial charge in [-0.25, -0.2) is 4.79 Å². The third-order valence-electron chi connectivity index (χ3n) is 6.52. The molecule has 2 heterocycles. The quantitative estimate of drug-likeness (QED) is 0.840. The van der Waals surface area contributed by atoms with E-state index in [-0.39, 0.29) is 18.0 Å². The van der Waals surface area contributed by atoms with E-state index in [1.165, 1.54) is 32.1 Å². The van der Waals surface area contributed by atoms with Gasteiger partial charge in [0.2, 0.25) is 0 Å². The van der Waals surface area contributed by atoms with E-state index >= 15 is 0 Å². The maximum absolute atomic E-state index is 13.0. The normalized spacial score (nSPS) is 29.0. The fourth-order valence-electron chi connectivity index (χ4n) is 5.51. The zero-order chi connectivity index (χ0) is 19.1. The highest BCUT2D eigenvalue weighted by Crippen LogP contribution is 2.47. The van der Waals surface area contributed by atoms with E-state index in [2.05, 4.69) is 15.5 Å². The molecule has 4 bridgehead atoms. The van der Waals surface area contributed by atoms with Gasteiger partial charge in [-0.3, -0.25) is 4.79 Å². The highest BCUT2D eigenvalue weighted by Gasteiger charge is 2.44. The first-order chi connectivity index (χ1) is 12.9. The predicted octanol–water partition coefficient (Wildman–Crippen LogP) is 4.18. The van der Waals surface area contributed by atoms with E-state index in [4.69, 9.17) is 0 Å². The molecule has 27 heavy (non-hydrogen) atoms. The van der Waals surface area contributed by atoms with Gasteiger partial charge in [-0.15, -0.1) is 0 Å². The van der Waals surface area contributed by atoms with Crippen LogP contribution in [0.25, 0.3) is 0 Å². The van der Waals surface area contributed by atoms with Gasteiger partial charge in [0, 0.05) is 29.9 Å². The minimum atomic E-state index is -0.0773. The number of hydrogen-bond acceptors (Lipinski definition) is 2. The molecule has 2 saturated carbocycles. The van der Waals surface area contributed by atoms with E-state index in [1.807, 2.05) is 32.9 Å². The van der Waals surface area contributed by atoms with Crippen molar-refractivity contribution in [2.24, 2.45) is 17.8 Å². The van der Waals surface area contributed by atoms with Gasteiger partial charge < -0.3 is 15.5 Å². The van der Waals surface area contributed by atoms with E-state index in [0.717, 1.165) is 29.6 Å². The SMILES string of the molecule is Cc1cc(C(=O)NC(C)C)ccc1NC(=O)N1CC2CC3CC(C2)CC1C3. The molecule has 1 aromatic rings. The molecule has 3 amide bonds. The van der Waals surface area contributed by atoms with E-state index in [9.17, 15) is 9.59 Å². The number of anilines is 1. The lowest BCUT2D eigenvalue weighted by molar-refractivity contribution is 0.0943. The molecule has 0 spiro atoms. The standard InChI is InChI=1S/C22H31N3O2/c1-13(2)23-21(26)18-4-5-20(14(3)6-18)24-22(27)25-12-17-8-15-7-16(9-17)11-19(25)10-15/h4-6,13,15-17,19H,7-12H2,1-3H3,(H,23,26)(H,24,27). The number of urea groups is 1. The van der Waals surface area contributed by atoms with Crippen molar-refractivity contribution in [1.29, 1.82) is 0 Å². The molecular formula is C22H31N3O2. The van der Waals surface area contributed by atoms with Crippen LogP contribution in [0.3, 0.4) is 0 Å². The number of aryl methyl sites for hydroxylation is 1. The Hall–Kier alpha value is -2.04. The smallest absolute Gasteiger partial charge is 0.322 e. The molecule has 1 aromatic carbocycles. The topological polar surface area (TPSA) is 61.4 Å². The molecule has 4 aliphatic rings. The summed E-state index contributed by atoms with van der Waals surface area (Å²) in [7, 11) is 0. The molecule has 2 saturated heterocycles. The molecule has 0 aromatic heterocycles. The molecule has 0 radical (unpaired) electrons. The van der Waals surface area contributed by atoms with E-state index < -0.39 is 0 Å². The number of carbonyl (C=O) groups excluding carboxylic acids is 2. The zero-order valence-corrected chi connectivity index (χ0v) is 16.6. The van der Waals surface area contributed by atoms with E-state index in [0.29, 0.717) is 17.5 Å². The van der Waals surface area contributed by atoms with Crippen molar-refractivity contribution in [2.75, 3.05) is 11.9 Å². The summed E-state index contributed by atoms with van der Waals surface area (Å²) in [6.07, 6.45) is 6.33. The molecule has 2 aliphatic carbocycles. The number of carbonyl (C=O) groups is 2. The summed E-state index contributed by atoms with van der Waals surface area (Å²) in [5, 5.41) is 6.02. The van der Waals surface area contributed by atoms with Crippen LogP contribution in [0.1, 0.15) is 61.9 Å². The lowest BCUT2D eigenvalue weighted by Crippen LogP contribution is -2.44. The second-order valence-electron chi connectivity index (χ2n) is 9.17. The van der Waals surface area contributed by atoms with Crippen molar-refractivity contribution in [3.63, 3.8) is 0 Å². The summed E-state index contributed by atoms with van der Waals surface area (Å²) in [6.45, 7) is 6.73. The number of benzene rings is 1. The van der Waals surface area contributed by atoms with Crippen LogP contribution in [0.2, 0.25) is 0 Å². The number of rotatable bonds is 3. The minimum Gasteiger partial charge on any atom is -0.350 e. The van der Waals surface area contributed by atoms with Gasteiger partial charge in [0.05, 0.1) is 0 Å². The van der Waals surface area contributed by atoms with Crippen LogP contribution >= 0.6 is 0 Å². The van der Waals surface area contributed by atoms with E-state index in [1.54, 1.807) is 6.07 Å². The van der Waals surface area contributed by atoms with Crippen LogP contribution in [0.5, 0.6) is 0 Å². The van der Waals surface area contributed by atoms with Gasteiger partial charge in [-0.1, -0.05) is 0 Å². The van der Waals surface area contributed by atoms with Crippen LogP contribution in [-0.4, -0.2) is 35.5 Å². The third kappa shape index (κ3) is 3.83. The average molecular weight is 370 g/mol. The molecule has 2 N–H and O–H groups in total. The fourth-order valence-corrected chi connectivity index (χ4v) is 5.51. The van der Waals surface area contributed by atoms with Crippen molar-refractivity contribution in [3.8, 4) is 0 Å². The van der Waals surface area contributed by atoms with Crippen LogP contribution in [0, 0.1) is 24.7 Å². The Morgan fingerprint density at radius 3 is 2.33 bits per heavy atom. The maximum Gasteiger partial charge on any atom is 0.322 e. The van der Waals surface area contributed by atoms with Crippen LogP contribution in [-0.2, 0) is 0 Å². The summed E-state index contributed by atoms with van der Waals surface area (Å²) in [4.78, 5) is 27.3. The van der Waals surface area contributed by atoms with Crippen molar-refractivity contribution >= 4 is 17.6 Å². The summed E-state index contributed by atoms with van der Waals surface area (Å²) >= 11 is 0. The predicted molar refractivity (Wildman–Crippen MR) is 107 cm³/mol. The molecule has 2 aliphatic heterocycles. The lowest BCUT2D eigenvalue weighted by atomic mass is 9.68. The Bertz CT molecular complexity index is 731. The largest absolute Gasteiger partial charge is 0.350 e. The Balaban J connectivity index is 1.46. The Kier molecular flexibility index (Phi) is 4.87. The van der Waals surface area contributed by atoms with Crippen LogP contribution in [0.4, 0.5) is 10.5 Å². The lowest BCUT2D eigenvalue weighted by Gasteiger charge is -2.38. The zero-order valence-electron chi connectivity index (χ0n) is 16.6. The number of fused-ring (bicyclic) bond motifs is 1. The van der Waals surface area contributed by atoms with Crippen molar-refractivity contribution in [2.45, 2.75) is 65.0 Å². The molecule has 2 unspecified atom stereocenters. The van der Waals surface area contributed by atoms with Gasteiger partial charge in [0.25, 0.3) is 5.91 Å². The third-order valence-corrected chi connectivity index (χ3v) is 6.52. The number of hydrogen-bond donors (Lipinski definition) is 2. The van der Waals surface area contributed by atoms with Gasteiger partial charge in [-0.05, 0) is 94.4 Å². The first-order valence-corrected chi connectivity index (χ1v) is 10.4. The van der Waals surface area contributed by atoms with Gasteiger partial charge in [0.15, 0.2) is 0 Å². The van der Waals surface area contributed by atoms with Gasteiger partial charge >= 0.3 is 6.03 Å². The monoisotopic (exact) mass is 369 g/mol. The highest BCUT2D eigenvalue weighted by atomic mass is 16.2. The van der Waals surface area contributed by atoms with Gasteiger partial charge in [0.1, 0.15) is 0 Å². The maximum atomic E-state index is 13.0. The summed E-state index contributed by atoms with van der Waals surface area (Å²) < 4.78 is 0. The van der Waals surface area contributed by atoms with Gasteiger partial charge in [-0.2, -0.15) is 0 Å². The second kappa shape index (κ2) is 7.17. The second-order valence-corrected chi connectivity index (χ2v) is 9.17. The first kappa shape index (κ1) is 18.3. The fraction of sp³-hybridized carbons (Fsp3) is 0.636. The summed E-state index contributed by atoms with van der Waals surface area (Å²) in [5.74, 6) is 2.25. The number of nitrogens with one attached hydrogen (secondary N) is 2. The molecule has 5 rings (SSSR count). The average Bonchev–Trinajstić information content (AvgIpc) is 2.79. The molecule has 5 heteroatoms. The number of amides is 3. The molecular weight excluding hydrogens is 338 g/mol. The van der Waals surface area contributed by atoms with Crippen molar-refractivity contribution < 1.29 is 9.59 Å². The minimum absolute atomic E-state index is 0.0238. The summed E-state index contributed by atoms with van der Waals surface area (Å²) in [6, 6.07) is 6.02. The molecule has 146 valence electrons. The Labute approximate surface area is 161 Å². The first-order valence-electron chi connectivity index (χ1n) is 10.4. The van der Waals surface area contributed by atoms with Crippen molar-refractivity contribution in [1.82, 2.24) is 10.2 Å². The summed E-state index contributed by atoms with van der Waals surface area (Å²) in [5.41, 5.74) is 2.34. The molecule has 5 nitrogen and oxygen atoms in total. The number of nitrogens with zero attached hydrogens (tertiary/aromatic N) is 1. The van der Waals surface area contributed by atoms with Crippen molar-refractivity contribution in [3.05, 3.63) is 29.3 Å². The Morgan fingerprint density at radius 1 is 1.04 bits per heavy atom. The highest BCUT2D eigenvalue weighted by molar-refractivity contribution is 5.96.